The third kappa shape index (κ3) is 3.11. The molecule has 0 saturated carbocycles. The van der Waals surface area contributed by atoms with Crippen LogP contribution in [0.15, 0.2) is 24.3 Å². The fourth-order valence-corrected chi connectivity index (χ4v) is 2.90. The lowest BCUT2D eigenvalue weighted by Crippen LogP contribution is -2.62. The van der Waals surface area contributed by atoms with E-state index in [4.69, 9.17) is 24.0 Å². The highest BCUT2D eigenvalue weighted by Crippen LogP contribution is 2.33. The van der Waals surface area contributed by atoms with E-state index in [0.29, 0.717) is 0 Å². The number of nitrogens with zero attached hydrogens (tertiary/aromatic N) is 2. The van der Waals surface area contributed by atoms with Crippen LogP contribution in [0.25, 0.3) is 0 Å². The fraction of sp³-hybridized carbons (Fsp3) is 0.500. The molecule has 0 atom stereocenters. The number of carbonyl (C=O) groups excluding carboxylic acids is 2. The predicted octanol–water partition coefficient (Wildman–Crippen LogP) is 1.21. The van der Waals surface area contributed by atoms with Crippen LogP contribution >= 0.6 is 11.6 Å². The van der Waals surface area contributed by atoms with Crippen LogP contribution in [0.3, 0.4) is 0 Å². The van der Waals surface area contributed by atoms with E-state index in [2.05, 4.69) is 0 Å². The number of nitrogens with one attached hydrogen (secondary N) is 1. The van der Waals surface area contributed by atoms with Crippen LogP contribution in [-0.2, 0) is 4.79 Å². The molecule has 6 nitrogen and oxygen atoms in total. The minimum Gasteiger partial charge on any atom is -0.530 e. The third-order valence-electron chi connectivity index (χ3n) is 3.67. The molecule has 25 heavy (non-hydrogen) atoms. The molecule has 3 rings (SSSR count). The summed E-state index contributed by atoms with van der Waals surface area (Å²) in [4.78, 5) is 24.5. The second-order valence-corrected chi connectivity index (χ2v) is 6.96. The molecule has 1 fully saturated rings. The Bertz CT molecular complexity index is 1070. The minimum absolute atomic E-state index is 0.0912. The van der Waals surface area contributed by atoms with Crippen LogP contribution in [0.2, 0.25) is 6.43 Å². The number of piperidine rings is 1. The summed E-state index contributed by atoms with van der Waals surface area (Å²) in [6.07, 6.45) is -9.90. The van der Waals surface area contributed by atoms with E-state index in [1.165, 1.54) is 45.0 Å². The lowest BCUT2D eigenvalue weighted by Gasteiger charge is -2.40. The van der Waals surface area contributed by atoms with Crippen molar-refractivity contribution in [2.24, 2.45) is 0 Å². The number of halogens is 1. The van der Waals surface area contributed by atoms with E-state index in [1.807, 2.05) is 0 Å². The van der Waals surface area contributed by atoms with Gasteiger partial charge in [-0.3, -0.25) is 10.1 Å². The quantitative estimate of drug-likeness (QED) is 0.753. The molecular formula is C18H22ClN3O3. The van der Waals surface area contributed by atoms with Gasteiger partial charge in [-0.15, -0.1) is 0 Å². The van der Waals surface area contributed by atoms with E-state index in [9.17, 15) is 14.7 Å². The van der Waals surface area contributed by atoms with Crippen molar-refractivity contribution in [1.82, 2.24) is 10.2 Å². The summed E-state index contributed by atoms with van der Waals surface area (Å²) in [6.45, 7) is -3.22. The Morgan fingerprint density at radius 2 is 1.92 bits per heavy atom. The number of hydrogen-bond acceptors (Lipinski definition) is 3. The molecule has 1 spiro atoms. The zero-order chi connectivity index (χ0) is 26.4. The Balaban J connectivity index is 2.60. The molecule has 0 aliphatic carbocycles. The number of benzene rings is 1. The predicted molar refractivity (Wildman–Crippen MR) is 92.7 cm³/mol. The van der Waals surface area contributed by atoms with Gasteiger partial charge in [0.2, 0.25) is 5.66 Å². The Labute approximate surface area is 164 Å². The second kappa shape index (κ2) is 6.02. The lowest BCUT2D eigenvalue weighted by molar-refractivity contribution is -0.668. The van der Waals surface area contributed by atoms with Crippen molar-refractivity contribution in [3.8, 4) is 0 Å². The maximum absolute atomic E-state index is 13.4. The molecular weight excluding hydrogens is 342 g/mol. The standard InChI is InChI=1S/C18H22ClN3O3/c1-17(2,3)22-14(12-4-6-13(19)7-5-12)15(23)20-18(22)8-10-21(11-9-18)16(24)25/h4-7H,8-11H2,1-3H3,(H-,20,23,24,25)/i8D2,9D2,10D2,11D2/hD. The summed E-state index contributed by atoms with van der Waals surface area (Å²) in [5.41, 5.74) is -5.02. The van der Waals surface area contributed by atoms with E-state index in [1.54, 1.807) is 0 Å². The zero-order valence-electron chi connectivity index (χ0n) is 22.8. The van der Waals surface area contributed by atoms with Gasteiger partial charge in [-0.1, -0.05) is 11.6 Å². The SMILES string of the molecule is [2H]N1C(=O)C(c2ccc(Cl)cc2)=[N+](C(C)(C)C)C12C([2H])([2H])C([2H])([2H])N(C(=O)[O-])C([2H])([2H])C2([2H])[2H]. The fourth-order valence-electron chi connectivity index (χ4n) is 2.77. The van der Waals surface area contributed by atoms with Crippen molar-refractivity contribution in [2.45, 2.75) is 44.7 Å². The molecule has 2 aliphatic heterocycles. The molecule has 1 saturated heterocycles. The molecule has 0 unspecified atom stereocenters. The van der Waals surface area contributed by atoms with E-state index in [0.717, 1.165) is 4.58 Å². The Hall–Kier alpha value is -2.08. The third-order valence-corrected chi connectivity index (χ3v) is 3.92. The first kappa shape index (κ1) is 9.57. The zero-order valence-corrected chi connectivity index (χ0v) is 14.5. The Morgan fingerprint density at radius 3 is 2.40 bits per heavy atom. The van der Waals surface area contributed by atoms with Crippen molar-refractivity contribution < 1.29 is 31.6 Å². The van der Waals surface area contributed by atoms with Crippen LogP contribution < -0.4 is 10.4 Å². The van der Waals surface area contributed by atoms with Crippen LogP contribution in [0.4, 0.5) is 4.79 Å². The number of hydrogen-bond donors (Lipinski definition) is 1. The molecule has 1 aromatic rings. The van der Waals surface area contributed by atoms with Crippen molar-refractivity contribution >= 4 is 29.3 Å². The topological polar surface area (TPSA) is 75.5 Å². The van der Waals surface area contributed by atoms with Gasteiger partial charge in [-0.05, 0) is 45.0 Å². The maximum Gasteiger partial charge on any atom is 0.321 e. The summed E-state index contributed by atoms with van der Waals surface area (Å²) in [7, 11) is 0. The molecule has 134 valence electrons. The monoisotopic (exact) mass is 372 g/mol. The first-order valence-electron chi connectivity index (χ1n) is 11.9. The van der Waals surface area contributed by atoms with E-state index in [-0.39, 0.29) is 15.9 Å². The molecule has 2 aliphatic rings. The Morgan fingerprint density at radius 1 is 1.36 bits per heavy atom. The lowest BCUT2D eigenvalue weighted by atomic mass is 9.92. The molecule has 0 radical (unpaired) electrons. The molecule has 1 aromatic carbocycles. The Kier molecular flexibility index (Phi) is 2.30. The number of carbonyl (C=O) groups is 2. The van der Waals surface area contributed by atoms with Gasteiger partial charge in [0, 0.05) is 29.0 Å². The number of rotatable bonds is 1. The smallest absolute Gasteiger partial charge is 0.321 e. The van der Waals surface area contributed by atoms with Gasteiger partial charge in [0.15, 0.2) is 6.95 Å². The van der Waals surface area contributed by atoms with Gasteiger partial charge in [0.25, 0.3) is 5.71 Å². The number of carboxylic acid groups (broad SMARTS) is 1. The van der Waals surface area contributed by atoms with Crippen LogP contribution in [0, 0.1) is 0 Å². The number of likely N-dealkylation sites (tertiary alicyclic amines) is 1. The molecule has 2 amide bonds. The second-order valence-electron chi connectivity index (χ2n) is 6.53. The normalized spacial score (nSPS) is 33.9. The highest BCUT2D eigenvalue weighted by atomic mass is 35.5. The number of amides is 2. The van der Waals surface area contributed by atoms with Crippen molar-refractivity contribution in [2.75, 3.05) is 13.0 Å². The summed E-state index contributed by atoms with van der Waals surface area (Å²) in [5.74, 6) is -1.24. The molecule has 7 heteroatoms. The van der Waals surface area contributed by atoms with Gasteiger partial charge in [0.05, 0.1) is 18.3 Å². The van der Waals surface area contributed by atoms with E-state index < -0.39 is 59.6 Å². The van der Waals surface area contributed by atoms with Crippen molar-refractivity contribution in [1.29, 1.82) is 0 Å². The minimum atomic E-state index is -3.78. The average Bonchev–Trinajstić information content (AvgIpc) is 2.90. The first-order chi connectivity index (χ1) is 15.1. The van der Waals surface area contributed by atoms with Crippen molar-refractivity contribution in [3.05, 3.63) is 34.9 Å². The van der Waals surface area contributed by atoms with Gasteiger partial charge < -0.3 is 14.8 Å². The van der Waals surface area contributed by atoms with Crippen LogP contribution in [0.1, 0.15) is 50.0 Å². The highest BCUT2D eigenvalue weighted by Gasteiger charge is 2.57. The molecule has 0 bridgehead atoms. The van der Waals surface area contributed by atoms with E-state index >= 15 is 0 Å². The molecule has 2 heterocycles. The van der Waals surface area contributed by atoms with Crippen molar-refractivity contribution in [3.63, 3.8) is 0 Å². The summed E-state index contributed by atoms with van der Waals surface area (Å²) in [5, 5.41) is 11.9. The molecule has 1 N–H and O–H groups in total. The maximum atomic E-state index is 13.4. The average molecular weight is 373 g/mol. The highest BCUT2D eigenvalue weighted by molar-refractivity contribution is 6.44. The summed E-state index contributed by atoms with van der Waals surface area (Å²) >= 11 is 5.92. The first-order valence-corrected chi connectivity index (χ1v) is 7.79. The van der Waals surface area contributed by atoms with Gasteiger partial charge >= 0.3 is 5.91 Å². The van der Waals surface area contributed by atoms with Gasteiger partial charge in [-0.25, -0.2) is 0 Å². The van der Waals surface area contributed by atoms with Gasteiger partial charge in [0.1, 0.15) is 6.09 Å². The van der Waals surface area contributed by atoms with Crippen LogP contribution in [-0.4, -0.2) is 51.4 Å². The molecule has 0 aromatic heterocycles. The van der Waals surface area contributed by atoms with Crippen LogP contribution in [0.5, 0.6) is 0 Å². The summed E-state index contributed by atoms with van der Waals surface area (Å²) in [6, 6.07) is 5.54. The largest absolute Gasteiger partial charge is 0.530 e. The van der Waals surface area contributed by atoms with Gasteiger partial charge in [-0.2, -0.15) is 4.58 Å². The summed E-state index contributed by atoms with van der Waals surface area (Å²) < 4.78 is 77.4.